The van der Waals surface area contributed by atoms with Gasteiger partial charge >= 0.3 is 0 Å². The summed E-state index contributed by atoms with van der Waals surface area (Å²) >= 11 is 0. The van der Waals surface area contributed by atoms with Gasteiger partial charge < -0.3 is 14.6 Å². The van der Waals surface area contributed by atoms with Crippen LogP contribution in [0.4, 0.5) is 0 Å². The molecule has 0 radical (unpaired) electrons. The quantitative estimate of drug-likeness (QED) is 0.481. The molecule has 0 amide bonds. The Bertz CT molecular complexity index is 106. The van der Waals surface area contributed by atoms with Gasteiger partial charge in [-0.1, -0.05) is 6.92 Å². The van der Waals surface area contributed by atoms with E-state index in [1.807, 2.05) is 19.6 Å². The van der Waals surface area contributed by atoms with Gasteiger partial charge in [0, 0.05) is 6.42 Å². The summed E-state index contributed by atoms with van der Waals surface area (Å²) in [6.07, 6.45) is 0.206. The van der Waals surface area contributed by atoms with Crippen LogP contribution in [0.1, 0.15) is 13.3 Å². The van der Waals surface area contributed by atoms with Crippen molar-refractivity contribution in [3.8, 4) is 0 Å². The predicted octanol–water partition coefficient (Wildman–Crippen LogP) is 0.886. The lowest BCUT2D eigenvalue weighted by atomic mass is 10.4. The molecule has 0 aromatic rings. The Labute approximate surface area is 62.8 Å². The largest absolute Gasteiger partial charge is 0.370 e. The fraction of sp³-hybridized carbons (Fsp3) is 1.00. The van der Waals surface area contributed by atoms with E-state index >= 15 is 0 Å². The van der Waals surface area contributed by atoms with Crippen molar-refractivity contribution in [1.82, 2.24) is 0 Å². The maximum atomic E-state index is 9.03. The van der Waals surface area contributed by atoms with Gasteiger partial charge in [0.15, 0.2) is 8.32 Å². The molecular weight excluding hydrogens is 148 g/mol. The van der Waals surface area contributed by atoms with Crippen LogP contribution in [0.3, 0.4) is 0 Å². The predicted molar refractivity (Wildman–Crippen MR) is 41.9 cm³/mol. The molecule has 0 bridgehead atoms. The molecule has 0 fully saturated rings. The van der Waals surface area contributed by atoms with Crippen LogP contribution in [-0.4, -0.2) is 24.5 Å². The third-order valence-corrected chi connectivity index (χ3v) is 1.87. The zero-order valence-corrected chi connectivity index (χ0v) is 8.01. The van der Waals surface area contributed by atoms with Crippen LogP contribution in [0.2, 0.25) is 19.6 Å². The second-order valence-corrected chi connectivity index (χ2v) is 7.74. The fourth-order valence-corrected chi connectivity index (χ4v) is 1.69. The van der Waals surface area contributed by atoms with Crippen LogP contribution >= 0.6 is 0 Å². The molecule has 0 aromatic heterocycles. The van der Waals surface area contributed by atoms with E-state index < -0.39 is 14.3 Å². The highest BCUT2D eigenvalue weighted by Gasteiger charge is 2.29. The first kappa shape index (κ1) is 10.1. The molecule has 62 valence electrons. The molecule has 3 nitrogen and oxygen atoms in total. The molecule has 0 saturated carbocycles. The second-order valence-electron chi connectivity index (χ2n) is 3.31. The molecule has 0 unspecified atom stereocenters. The molecule has 4 heteroatoms. The van der Waals surface area contributed by atoms with Crippen molar-refractivity contribution in [3.05, 3.63) is 0 Å². The summed E-state index contributed by atoms with van der Waals surface area (Å²) in [6.45, 7) is 7.39. The zero-order chi connectivity index (χ0) is 8.41. The molecule has 2 N–H and O–H groups in total. The number of hydrogen-bond acceptors (Lipinski definition) is 3. The highest BCUT2D eigenvalue weighted by molar-refractivity contribution is 6.69. The van der Waals surface area contributed by atoms with E-state index in [1.165, 1.54) is 0 Å². The van der Waals surface area contributed by atoms with Crippen molar-refractivity contribution in [2.75, 3.05) is 0 Å². The Kier molecular flexibility index (Phi) is 3.03. The van der Waals surface area contributed by atoms with Gasteiger partial charge in [-0.3, -0.25) is 0 Å². The van der Waals surface area contributed by atoms with Crippen LogP contribution in [0, 0.1) is 0 Å². The normalized spacial score (nSPS) is 13.8. The monoisotopic (exact) mass is 164 g/mol. The van der Waals surface area contributed by atoms with Gasteiger partial charge in [0.05, 0.1) is 0 Å². The van der Waals surface area contributed by atoms with E-state index in [9.17, 15) is 0 Å². The van der Waals surface area contributed by atoms with E-state index in [0.29, 0.717) is 0 Å². The van der Waals surface area contributed by atoms with E-state index in [1.54, 1.807) is 6.92 Å². The number of aliphatic hydroxyl groups is 2. The average molecular weight is 164 g/mol. The Balaban J connectivity index is 3.89. The van der Waals surface area contributed by atoms with Gasteiger partial charge in [-0.25, -0.2) is 0 Å². The first-order valence-electron chi connectivity index (χ1n) is 3.42. The Morgan fingerprint density at radius 3 is 1.80 bits per heavy atom. The summed E-state index contributed by atoms with van der Waals surface area (Å²) in [6, 6.07) is 0. The van der Waals surface area contributed by atoms with Crippen LogP contribution < -0.4 is 0 Å². The van der Waals surface area contributed by atoms with Gasteiger partial charge in [-0.05, 0) is 19.6 Å². The van der Waals surface area contributed by atoms with Crippen molar-refractivity contribution in [3.63, 3.8) is 0 Å². The highest BCUT2D eigenvalue weighted by Crippen LogP contribution is 2.15. The molecule has 0 heterocycles. The fourth-order valence-electron chi connectivity index (χ4n) is 0.563. The van der Waals surface area contributed by atoms with Gasteiger partial charge in [0.25, 0.3) is 5.97 Å². The summed E-state index contributed by atoms with van der Waals surface area (Å²) in [4.78, 5) is 0. The van der Waals surface area contributed by atoms with Gasteiger partial charge in [0.1, 0.15) is 0 Å². The first-order valence-corrected chi connectivity index (χ1v) is 6.82. The molecular formula is C6H16O3Si. The van der Waals surface area contributed by atoms with Gasteiger partial charge in [-0.15, -0.1) is 0 Å². The topological polar surface area (TPSA) is 49.7 Å². The average Bonchev–Trinajstić information content (AvgIpc) is 1.60. The van der Waals surface area contributed by atoms with Crippen LogP contribution in [0.5, 0.6) is 0 Å². The number of rotatable bonds is 3. The summed E-state index contributed by atoms with van der Waals surface area (Å²) in [7, 11) is -1.81. The van der Waals surface area contributed by atoms with Crippen LogP contribution in [0.15, 0.2) is 0 Å². The Morgan fingerprint density at radius 2 is 1.70 bits per heavy atom. The SMILES string of the molecule is CCC(O)(O)O[Si](C)(C)C. The maximum absolute atomic E-state index is 9.03. The summed E-state index contributed by atoms with van der Waals surface area (Å²) in [5, 5.41) is 18.1. The minimum Gasteiger partial charge on any atom is -0.370 e. The first-order chi connectivity index (χ1) is 4.27. The summed E-state index contributed by atoms with van der Waals surface area (Å²) in [5.41, 5.74) is 0. The van der Waals surface area contributed by atoms with Crippen molar-refractivity contribution >= 4 is 8.32 Å². The minimum absolute atomic E-state index is 0.206. The van der Waals surface area contributed by atoms with Crippen molar-refractivity contribution in [2.24, 2.45) is 0 Å². The van der Waals surface area contributed by atoms with Crippen LogP contribution in [-0.2, 0) is 4.43 Å². The smallest absolute Gasteiger partial charge is 0.268 e. The molecule has 0 spiro atoms. The minimum atomic E-state index is -1.91. The molecule has 0 atom stereocenters. The maximum Gasteiger partial charge on any atom is 0.268 e. The second kappa shape index (κ2) is 3.00. The lowest BCUT2D eigenvalue weighted by Gasteiger charge is -2.28. The molecule has 0 aromatic carbocycles. The van der Waals surface area contributed by atoms with E-state index in [2.05, 4.69) is 0 Å². The summed E-state index contributed by atoms with van der Waals surface area (Å²) < 4.78 is 5.02. The number of hydrogen-bond donors (Lipinski definition) is 2. The lowest BCUT2D eigenvalue weighted by molar-refractivity contribution is -0.298. The standard InChI is InChI=1S/C6H16O3Si/c1-5-6(7,8)9-10(2,3)4/h7-8H,5H2,1-4H3. The molecule has 10 heavy (non-hydrogen) atoms. The third kappa shape index (κ3) is 4.93. The molecule has 0 aliphatic heterocycles. The molecule has 0 saturated heterocycles. The Morgan fingerprint density at radius 1 is 1.30 bits per heavy atom. The van der Waals surface area contributed by atoms with E-state index in [0.717, 1.165) is 0 Å². The lowest BCUT2D eigenvalue weighted by Crippen LogP contribution is -2.42. The van der Waals surface area contributed by atoms with Gasteiger partial charge in [-0.2, -0.15) is 0 Å². The van der Waals surface area contributed by atoms with Crippen molar-refractivity contribution in [1.29, 1.82) is 0 Å². The summed E-state index contributed by atoms with van der Waals surface area (Å²) in [5.74, 6) is -1.91. The third-order valence-electron chi connectivity index (χ3n) is 0.930. The van der Waals surface area contributed by atoms with Gasteiger partial charge in [0.2, 0.25) is 0 Å². The molecule has 0 aliphatic carbocycles. The zero-order valence-electron chi connectivity index (χ0n) is 7.01. The molecule has 0 aliphatic rings. The van der Waals surface area contributed by atoms with E-state index in [-0.39, 0.29) is 6.42 Å². The van der Waals surface area contributed by atoms with Crippen molar-refractivity contribution in [2.45, 2.75) is 39.0 Å². The Hall–Kier alpha value is 0.0969. The van der Waals surface area contributed by atoms with E-state index in [4.69, 9.17) is 14.6 Å². The highest BCUT2D eigenvalue weighted by atomic mass is 28.4. The van der Waals surface area contributed by atoms with Crippen molar-refractivity contribution < 1.29 is 14.6 Å². The molecule has 0 rings (SSSR count). The van der Waals surface area contributed by atoms with Crippen LogP contribution in [0.25, 0.3) is 0 Å².